The number of rotatable bonds is 1. The van der Waals surface area contributed by atoms with Gasteiger partial charge in [-0.15, -0.1) is 0 Å². The summed E-state index contributed by atoms with van der Waals surface area (Å²) in [6, 6.07) is 13.0. The van der Waals surface area contributed by atoms with E-state index in [1.54, 1.807) is 0 Å². The summed E-state index contributed by atoms with van der Waals surface area (Å²) < 4.78 is 5.66. The number of anilines is 1. The van der Waals surface area contributed by atoms with Crippen molar-refractivity contribution in [2.75, 3.05) is 12.3 Å². The third-order valence-electron chi connectivity index (χ3n) is 2.78. The fourth-order valence-corrected chi connectivity index (χ4v) is 1.98. The van der Waals surface area contributed by atoms with Gasteiger partial charge in [-0.25, -0.2) is 4.99 Å². The third kappa shape index (κ3) is 2.05. The predicted molar refractivity (Wildman–Crippen MR) is 74.0 cm³/mol. The van der Waals surface area contributed by atoms with E-state index in [9.17, 15) is 0 Å². The Morgan fingerprint density at radius 1 is 1.11 bits per heavy atom. The lowest BCUT2D eigenvalue weighted by atomic mass is 10.1. The molecular formula is C14H11ClN2O. The van der Waals surface area contributed by atoms with E-state index in [1.807, 2.05) is 42.5 Å². The Hall–Kier alpha value is -2.00. The quantitative estimate of drug-likeness (QED) is 0.797. The van der Waals surface area contributed by atoms with Crippen LogP contribution in [0.25, 0.3) is 0 Å². The Balaban J connectivity index is 2.02. The summed E-state index contributed by atoms with van der Waals surface area (Å²) in [6.45, 7) is 0.457. The summed E-state index contributed by atoms with van der Waals surface area (Å²) in [4.78, 5) is 4.57. The Bertz CT molecular complexity index is 620. The van der Waals surface area contributed by atoms with Crippen molar-refractivity contribution in [3.63, 3.8) is 0 Å². The molecule has 0 amide bonds. The summed E-state index contributed by atoms with van der Waals surface area (Å²) in [7, 11) is 0. The van der Waals surface area contributed by atoms with Crippen molar-refractivity contribution in [1.29, 1.82) is 0 Å². The van der Waals surface area contributed by atoms with Crippen LogP contribution in [0, 0.1) is 0 Å². The molecule has 0 bridgehead atoms. The lowest BCUT2D eigenvalue weighted by Gasteiger charge is -2.17. The lowest BCUT2D eigenvalue weighted by molar-refractivity contribution is 0.373. The van der Waals surface area contributed by atoms with Crippen LogP contribution in [0.5, 0.6) is 5.75 Å². The first-order chi connectivity index (χ1) is 8.72. The zero-order valence-corrected chi connectivity index (χ0v) is 10.3. The van der Waals surface area contributed by atoms with Gasteiger partial charge >= 0.3 is 0 Å². The molecule has 3 rings (SSSR count). The SMILES string of the molecule is Nc1ccc2c(c1)N=C(c1ccc(Cl)cc1)CO2. The zero-order chi connectivity index (χ0) is 12.5. The molecule has 0 saturated carbocycles. The second-order valence-corrected chi connectivity index (χ2v) is 4.52. The maximum atomic E-state index is 5.86. The molecular weight excluding hydrogens is 248 g/mol. The summed E-state index contributed by atoms with van der Waals surface area (Å²) >= 11 is 5.86. The number of nitrogens with two attached hydrogens (primary N) is 1. The van der Waals surface area contributed by atoms with Crippen LogP contribution >= 0.6 is 11.6 Å². The van der Waals surface area contributed by atoms with Gasteiger partial charge in [0.15, 0.2) is 0 Å². The van der Waals surface area contributed by atoms with E-state index < -0.39 is 0 Å². The average Bonchev–Trinajstić information content (AvgIpc) is 2.38. The van der Waals surface area contributed by atoms with Crippen LogP contribution in [0.4, 0.5) is 11.4 Å². The first-order valence-electron chi connectivity index (χ1n) is 5.58. The van der Waals surface area contributed by atoms with E-state index in [4.69, 9.17) is 22.1 Å². The average molecular weight is 259 g/mol. The van der Waals surface area contributed by atoms with Gasteiger partial charge in [0.25, 0.3) is 0 Å². The molecule has 1 aliphatic rings. The van der Waals surface area contributed by atoms with E-state index in [0.717, 1.165) is 22.7 Å². The molecule has 0 saturated heterocycles. The van der Waals surface area contributed by atoms with Crippen molar-refractivity contribution in [2.45, 2.75) is 0 Å². The summed E-state index contributed by atoms with van der Waals surface area (Å²) in [5.74, 6) is 0.766. The van der Waals surface area contributed by atoms with Gasteiger partial charge in [-0.1, -0.05) is 23.7 Å². The summed E-state index contributed by atoms with van der Waals surface area (Å²) in [6.07, 6.45) is 0. The van der Waals surface area contributed by atoms with Gasteiger partial charge < -0.3 is 10.5 Å². The molecule has 4 heteroatoms. The van der Waals surface area contributed by atoms with Crippen molar-refractivity contribution in [3.05, 3.63) is 53.1 Å². The number of nitrogens with zero attached hydrogens (tertiary/aromatic N) is 1. The van der Waals surface area contributed by atoms with Crippen molar-refractivity contribution in [2.24, 2.45) is 4.99 Å². The number of fused-ring (bicyclic) bond motifs is 1. The number of hydrogen-bond donors (Lipinski definition) is 1. The highest BCUT2D eigenvalue weighted by atomic mass is 35.5. The molecule has 1 aliphatic heterocycles. The molecule has 18 heavy (non-hydrogen) atoms. The van der Waals surface area contributed by atoms with Crippen LogP contribution in [0.15, 0.2) is 47.5 Å². The number of aliphatic imine (C=N–C) groups is 1. The minimum Gasteiger partial charge on any atom is -0.485 e. The molecule has 2 aromatic rings. The fraction of sp³-hybridized carbons (Fsp3) is 0.0714. The lowest BCUT2D eigenvalue weighted by Crippen LogP contribution is -2.16. The van der Waals surface area contributed by atoms with Gasteiger partial charge in [0.1, 0.15) is 18.0 Å². The Labute approximate surface area is 110 Å². The molecule has 0 spiro atoms. The maximum Gasteiger partial charge on any atom is 0.145 e. The van der Waals surface area contributed by atoms with E-state index in [2.05, 4.69) is 4.99 Å². The summed E-state index contributed by atoms with van der Waals surface area (Å²) in [5, 5.41) is 0.709. The molecule has 0 unspecified atom stereocenters. The first kappa shape index (κ1) is 11.1. The van der Waals surface area contributed by atoms with Crippen LogP contribution in [0.1, 0.15) is 5.56 Å². The predicted octanol–water partition coefficient (Wildman–Crippen LogP) is 3.44. The first-order valence-corrected chi connectivity index (χ1v) is 5.96. The highest BCUT2D eigenvalue weighted by molar-refractivity contribution is 6.30. The number of nitrogen functional groups attached to an aromatic ring is 1. The molecule has 2 N–H and O–H groups in total. The van der Waals surface area contributed by atoms with Gasteiger partial charge in [-0.3, -0.25) is 0 Å². The van der Waals surface area contributed by atoms with Gasteiger partial charge in [-0.2, -0.15) is 0 Å². The molecule has 0 radical (unpaired) electrons. The van der Waals surface area contributed by atoms with E-state index in [-0.39, 0.29) is 0 Å². The second kappa shape index (κ2) is 4.35. The van der Waals surface area contributed by atoms with Crippen molar-refractivity contribution in [1.82, 2.24) is 0 Å². The Morgan fingerprint density at radius 3 is 2.67 bits per heavy atom. The molecule has 2 aromatic carbocycles. The van der Waals surface area contributed by atoms with Gasteiger partial charge in [-0.05, 0) is 35.9 Å². The molecule has 0 atom stereocenters. The largest absolute Gasteiger partial charge is 0.485 e. The third-order valence-corrected chi connectivity index (χ3v) is 3.03. The minimum absolute atomic E-state index is 0.457. The van der Waals surface area contributed by atoms with Crippen molar-refractivity contribution in [3.8, 4) is 5.75 Å². The number of halogens is 1. The minimum atomic E-state index is 0.457. The molecule has 0 aliphatic carbocycles. The van der Waals surface area contributed by atoms with Crippen LogP contribution < -0.4 is 10.5 Å². The van der Waals surface area contributed by atoms with Gasteiger partial charge in [0.2, 0.25) is 0 Å². The smallest absolute Gasteiger partial charge is 0.145 e. The van der Waals surface area contributed by atoms with E-state index in [1.165, 1.54) is 0 Å². The van der Waals surface area contributed by atoms with E-state index in [0.29, 0.717) is 17.3 Å². The molecule has 3 nitrogen and oxygen atoms in total. The van der Waals surface area contributed by atoms with Crippen LogP contribution in [0.3, 0.4) is 0 Å². The molecule has 90 valence electrons. The molecule has 0 aromatic heterocycles. The van der Waals surface area contributed by atoms with Crippen LogP contribution in [-0.2, 0) is 0 Å². The monoisotopic (exact) mass is 258 g/mol. The second-order valence-electron chi connectivity index (χ2n) is 4.08. The van der Waals surface area contributed by atoms with E-state index >= 15 is 0 Å². The molecule has 0 fully saturated rings. The normalized spacial score (nSPS) is 13.5. The van der Waals surface area contributed by atoms with Crippen molar-refractivity contribution < 1.29 is 4.74 Å². The highest BCUT2D eigenvalue weighted by Gasteiger charge is 2.14. The zero-order valence-electron chi connectivity index (χ0n) is 9.56. The highest BCUT2D eigenvalue weighted by Crippen LogP contribution is 2.33. The van der Waals surface area contributed by atoms with Crippen LogP contribution in [-0.4, -0.2) is 12.3 Å². The Morgan fingerprint density at radius 2 is 1.89 bits per heavy atom. The van der Waals surface area contributed by atoms with Crippen molar-refractivity contribution >= 4 is 28.7 Å². The number of ether oxygens (including phenoxy) is 1. The number of benzene rings is 2. The Kier molecular flexibility index (Phi) is 2.68. The van der Waals surface area contributed by atoms with Gasteiger partial charge in [0.05, 0.1) is 5.71 Å². The standard InChI is InChI=1S/C14H11ClN2O/c15-10-3-1-9(2-4-10)13-8-18-14-6-5-11(16)7-12(14)17-13/h1-7H,8,16H2. The summed E-state index contributed by atoms with van der Waals surface area (Å²) in [5.41, 5.74) is 9.08. The molecule has 1 heterocycles. The van der Waals surface area contributed by atoms with Gasteiger partial charge in [0, 0.05) is 10.7 Å². The fourth-order valence-electron chi connectivity index (χ4n) is 1.86. The topological polar surface area (TPSA) is 47.6 Å². The number of hydrogen-bond acceptors (Lipinski definition) is 3. The maximum absolute atomic E-state index is 5.86. The van der Waals surface area contributed by atoms with Crippen LogP contribution in [0.2, 0.25) is 5.02 Å².